The molecule has 0 spiro atoms. The van der Waals surface area contributed by atoms with Crippen LogP contribution in [0.5, 0.6) is 0 Å². The summed E-state index contributed by atoms with van der Waals surface area (Å²) in [6.45, 7) is 14.9. The van der Waals surface area contributed by atoms with E-state index >= 15 is 0 Å². The lowest BCUT2D eigenvalue weighted by Gasteiger charge is -2.38. The van der Waals surface area contributed by atoms with Gasteiger partial charge in [-0.2, -0.15) is 0 Å². The van der Waals surface area contributed by atoms with Gasteiger partial charge in [0.05, 0.1) is 12.7 Å². The number of ether oxygens (including phenoxy) is 1. The molecule has 0 radical (unpaired) electrons. The van der Waals surface area contributed by atoms with Gasteiger partial charge in [-0.15, -0.1) is 0 Å². The van der Waals surface area contributed by atoms with Gasteiger partial charge < -0.3 is 14.3 Å². The van der Waals surface area contributed by atoms with Crippen LogP contribution < -0.4 is 0 Å². The maximum atomic E-state index is 10.0. The maximum absolute atomic E-state index is 10.0. The van der Waals surface area contributed by atoms with Crippen LogP contribution >= 0.6 is 11.6 Å². The first-order valence-corrected chi connectivity index (χ1v) is 11.9. The highest BCUT2D eigenvalue weighted by atomic mass is 35.5. The van der Waals surface area contributed by atoms with Gasteiger partial charge in [0.25, 0.3) is 0 Å². The highest BCUT2D eigenvalue weighted by Crippen LogP contribution is 2.36. The van der Waals surface area contributed by atoms with Gasteiger partial charge in [0.1, 0.15) is 0 Å². The molecule has 1 aromatic rings. The van der Waals surface area contributed by atoms with Crippen LogP contribution in [0.1, 0.15) is 46.6 Å². The molecule has 0 aliphatic heterocycles. The lowest BCUT2D eigenvalue weighted by molar-refractivity contribution is -0.212. The molecule has 1 rings (SSSR count). The van der Waals surface area contributed by atoms with Crippen molar-refractivity contribution in [3.63, 3.8) is 0 Å². The van der Waals surface area contributed by atoms with Gasteiger partial charge in [-0.05, 0) is 56.5 Å². The molecule has 0 fully saturated rings. The number of benzene rings is 1. The van der Waals surface area contributed by atoms with Crippen molar-refractivity contribution < 1.29 is 14.3 Å². The fourth-order valence-corrected chi connectivity index (χ4v) is 3.39. The van der Waals surface area contributed by atoms with Crippen LogP contribution in [0.15, 0.2) is 24.3 Å². The Hall–Kier alpha value is -0.393. The summed E-state index contributed by atoms with van der Waals surface area (Å²) in [5, 5.41) is 11.0. The topological polar surface area (TPSA) is 38.7 Å². The van der Waals surface area contributed by atoms with Gasteiger partial charge in [0.2, 0.25) is 0 Å². The second kappa shape index (κ2) is 8.32. The minimum Gasteiger partial charge on any atom is -0.414 e. The first-order valence-electron chi connectivity index (χ1n) is 8.59. The zero-order valence-electron chi connectivity index (χ0n) is 16.1. The summed E-state index contributed by atoms with van der Waals surface area (Å²) in [5.74, 6) is -1.18. The number of hydrogen-bond acceptors (Lipinski definition) is 3. The van der Waals surface area contributed by atoms with E-state index in [4.69, 9.17) is 20.8 Å². The Morgan fingerprint density at radius 1 is 1.12 bits per heavy atom. The molecule has 3 nitrogen and oxygen atoms in total. The lowest BCUT2D eigenvalue weighted by Crippen LogP contribution is -2.44. The predicted molar refractivity (Wildman–Crippen MR) is 104 cm³/mol. The van der Waals surface area contributed by atoms with E-state index in [1.807, 2.05) is 24.3 Å². The van der Waals surface area contributed by atoms with Crippen LogP contribution in [0.2, 0.25) is 23.2 Å². The average molecular weight is 373 g/mol. The zero-order chi connectivity index (χ0) is 18.6. The van der Waals surface area contributed by atoms with Crippen LogP contribution in [-0.4, -0.2) is 31.9 Å². The first-order chi connectivity index (χ1) is 10.8. The molecular weight excluding hydrogens is 340 g/mol. The third-order valence-electron chi connectivity index (χ3n) is 4.58. The van der Waals surface area contributed by atoms with E-state index in [0.29, 0.717) is 6.61 Å². The van der Waals surface area contributed by atoms with Gasteiger partial charge in [0.15, 0.2) is 14.1 Å². The molecule has 1 aromatic carbocycles. The lowest BCUT2D eigenvalue weighted by atomic mass is 10.1. The van der Waals surface area contributed by atoms with Crippen LogP contribution in [0.3, 0.4) is 0 Å². The summed E-state index contributed by atoms with van der Waals surface area (Å²) in [4.78, 5) is 0. The summed E-state index contributed by atoms with van der Waals surface area (Å²) >= 11 is 6.24. The molecule has 0 amide bonds. The average Bonchev–Trinajstić information content (AvgIpc) is 2.41. The van der Waals surface area contributed by atoms with Gasteiger partial charge in [-0.1, -0.05) is 50.6 Å². The second-order valence-corrected chi connectivity index (χ2v) is 13.6. The molecule has 5 heteroatoms. The van der Waals surface area contributed by atoms with Crippen molar-refractivity contribution in [2.75, 3.05) is 6.61 Å². The Labute approximate surface area is 153 Å². The summed E-state index contributed by atoms with van der Waals surface area (Å²) < 4.78 is 12.1. The molecular formula is C19H33ClO3Si. The maximum Gasteiger partial charge on any atom is 0.192 e. The summed E-state index contributed by atoms with van der Waals surface area (Å²) in [6, 6.07) is 7.84. The van der Waals surface area contributed by atoms with Crippen molar-refractivity contribution in [1.82, 2.24) is 0 Å². The molecule has 0 aliphatic carbocycles. The van der Waals surface area contributed by atoms with E-state index in [2.05, 4.69) is 33.9 Å². The molecule has 0 saturated heterocycles. The second-order valence-electron chi connectivity index (χ2n) is 8.39. The summed E-state index contributed by atoms with van der Waals surface area (Å²) in [5.41, 5.74) is 1.09. The molecule has 1 unspecified atom stereocenters. The van der Waals surface area contributed by atoms with Crippen molar-refractivity contribution in [3.05, 3.63) is 34.9 Å². The Morgan fingerprint density at radius 2 is 1.71 bits per heavy atom. The normalized spacial score (nSPS) is 14.7. The van der Waals surface area contributed by atoms with E-state index in [0.717, 1.165) is 23.4 Å². The summed E-state index contributed by atoms with van der Waals surface area (Å²) in [6.07, 6.45) is 1.37. The largest absolute Gasteiger partial charge is 0.414 e. The highest BCUT2D eigenvalue weighted by molar-refractivity contribution is 6.74. The van der Waals surface area contributed by atoms with E-state index in [-0.39, 0.29) is 11.1 Å². The van der Waals surface area contributed by atoms with Gasteiger partial charge >= 0.3 is 0 Å². The molecule has 138 valence electrons. The summed E-state index contributed by atoms with van der Waals surface area (Å²) in [7, 11) is -1.85. The molecule has 24 heavy (non-hydrogen) atoms. The number of hydrogen-bond donors (Lipinski definition) is 1. The molecule has 0 saturated carbocycles. The van der Waals surface area contributed by atoms with Crippen molar-refractivity contribution in [3.8, 4) is 0 Å². The van der Waals surface area contributed by atoms with Gasteiger partial charge in [0, 0.05) is 5.02 Å². The Morgan fingerprint density at radius 3 is 2.21 bits per heavy atom. The molecule has 0 heterocycles. The number of aryl methyl sites for hydroxylation is 1. The quantitative estimate of drug-likeness (QED) is 0.490. The highest BCUT2D eigenvalue weighted by Gasteiger charge is 2.38. The van der Waals surface area contributed by atoms with Gasteiger partial charge in [-0.3, -0.25) is 0 Å². The molecule has 1 N–H and O–H groups in total. The standard InChI is InChI=1S/C19H33ClO3Si/c1-18(2,3)24(6,7)22-14-16(23-19(4,5)21)13-12-15-10-8-9-11-17(15)20/h8-11,16,21H,12-14H2,1-7H3. The van der Waals surface area contributed by atoms with Gasteiger partial charge in [-0.25, -0.2) is 0 Å². The van der Waals surface area contributed by atoms with E-state index in [1.54, 1.807) is 13.8 Å². The fourth-order valence-electron chi connectivity index (χ4n) is 2.12. The minimum absolute atomic E-state index is 0.148. The van der Waals surface area contributed by atoms with Crippen LogP contribution in [0.4, 0.5) is 0 Å². The van der Waals surface area contributed by atoms with Crippen LogP contribution in [0, 0.1) is 0 Å². The van der Waals surface area contributed by atoms with Crippen LogP contribution in [0.25, 0.3) is 0 Å². The monoisotopic (exact) mass is 372 g/mol. The fraction of sp³-hybridized carbons (Fsp3) is 0.684. The van der Waals surface area contributed by atoms with E-state index in [9.17, 15) is 5.11 Å². The zero-order valence-corrected chi connectivity index (χ0v) is 17.9. The predicted octanol–water partition coefficient (Wildman–Crippen LogP) is 5.41. The Kier molecular flexibility index (Phi) is 7.51. The van der Waals surface area contributed by atoms with E-state index < -0.39 is 14.1 Å². The number of aliphatic hydroxyl groups is 1. The first kappa shape index (κ1) is 21.6. The van der Waals surface area contributed by atoms with Crippen LogP contribution in [-0.2, 0) is 15.6 Å². The Bertz CT molecular complexity index is 518. The molecule has 1 atom stereocenters. The van der Waals surface area contributed by atoms with Crippen molar-refractivity contribution in [1.29, 1.82) is 0 Å². The molecule has 0 bridgehead atoms. The Balaban J connectivity index is 2.73. The minimum atomic E-state index is -1.85. The van der Waals surface area contributed by atoms with Crippen molar-refractivity contribution in [2.24, 2.45) is 0 Å². The van der Waals surface area contributed by atoms with E-state index in [1.165, 1.54) is 0 Å². The smallest absolute Gasteiger partial charge is 0.192 e. The molecule has 0 aliphatic rings. The number of rotatable bonds is 8. The van der Waals surface area contributed by atoms with Crippen molar-refractivity contribution in [2.45, 2.75) is 77.5 Å². The SMILES string of the molecule is CC(C)(O)OC(CCc1ccccc1Cl)CO[Si](C)(C)C(C)(C)C. The number of halogens is 1. The third kappa shape index (κ3) is 7.24. The molecule has 0 aromatic heterocycles. The van der Waals surface area contributed by atoms with Crippen molar-refractivity contribution >= 4 is 19.9 Å². The third-order valence-corrected chi connectivity index (χ3v) is 9.45.